The van der Waals surface area contributed by atoms with E-state index in [1.54, 1.807) is 30.3 Å². The van der Waals surface area contributed by atoms with Gasteiger partial charge in [0.2, 0.25) is 23.6 Å². The average Bonchev–Trinajstić information content (AvgIpc) is 2.91. The van der Waals surface area contributed by atoms with Crippen LogP contribution in [0.2, 0.25) is 0 Å². The predicted molar refractivity (Wildman–Crippen MR) is 155 cm³/mol. The molecule has 0 saturated carbocycles. The zero-order valence-electron chi connectivity index (χ0n) is 23.2. The monoisotopic (exact) mass is 591 g/mol. The number of carboxylic acids is 1. The van der Waals surface area contributed by atoms with Crippen molar-refractivity contribution in [3.63, 3.8) is 0 Å². The van der Waals surface area contributed by atoms with Gasteiger partial charge < -0.3 is 55.5 Å². The minimum atomic E-state index is -1.53. The molecule has 17 heteroatoms. The van der Waals surface area contributed by atoms with Crippen molar-refractivity contribution in [2.24, 2.45) is 44.4 Å². The largest absolute Gasteiger partial charge is 0.480 e. The maximum atomic E-state index is 13.2. The first kappa shape index (κ1) is 35.1. The van der Waals surface area contributed by atoms with Crippen molar-refractivity contribution in [2.45, 2.75) is 62.7 Å². The van der Waals surface area contributed by atoms with Crippen molar-refractivity contribution in [1.29, 1.82) is 0 Å². The third-order valence-corrected chi connectivity index (χ3v) is 5.82. The number of aliphatic carboxylic acids is 1. The molecule has 42 heavy (non-hydrogen) atoms. The lowest BCUT2D eigenvalue weighted by molar-refractivity contribution is -0.142. The van der Waals surface area contributed by atoms with Crippen LogP contribution in [0.3, 0.4) is 0 Å². The van der Waals surface area contributed by atoms with Gasteiger partial charge in [0.25, 0.3) is 0 Å². The Labute approximate surface area is 242 Å². The number of nitrogens with one attached hydrogen (secondary N) is 3. The van der Waals surface area contributed by atoms with Crippen LogP contribution in [-0.4, -0.2) is 83.9 Å². The molecule has 0 aliphatic rings. The highest BCUT2D eigenvalue weighted by molar-refractivity contribution is 5.96. The number of carbonyl (C=O) groups excluding carboxylic acids is 4. The van der Waals surface area contributed by atoms with Gasteiger partial charge in [0.1, 0.15) is 18.1 Å². The van der Waals surface area contributed by atoms with Crippen LogP contribution >= 0.6 is 0 Å². The van der Waals surface area contributed by atoms with Crippen LogP contribution in [0.15, 0.2) is 40.3 Å². The van der Waals surface area contributed by atoms with E-state index in [-0.39, 0.29) is 50.7 Å². The number of benzene rings is 1. The third kappa shape index (κ3) is 14.5. The lowest BCUT2D eigenvalue weighted by Gasteiger charge is -2.25. The average molecular weight is 592 g/mol. The van der Waals surface area contributed by atoms with Crippen molar-refractivity contribution in [2.75, 3.05) is 13.1 Å². The molecule has 16 N–H and O–H groups in total. The van der Waals surface area contributed by atoms with Gasteiger partial charge in [-0.1, -0.05) is 30.3 Å². The van der Waals surface area contributed by atoms with Gasteiger partial charge in [0, 0.05) is 19.5 Å². The number of guanidine groups is 2. The summed E-state index contributed by atoms with van der Waals surface area (Å²) in [7, 11) is 0. The van der Waals surface area contributed by atoms with E-state index in [1.807, 2.05) is 0 Å². The number of hydrogen-bond acceptors (Lipinski definition) is 8. The van der Waals surface area contributed by atoms with E-state index in [2.05, 4.69) is 25.9 Å². The van der Waals surface area contributed by atoms with E-state index in [4.69, 9.17) is 34.4 Å². The Kier molecular flexibility index (Phi) is 15.4. The van der Waals surface area contributed by atoms with Gasteiger partial charge in [-0.15, -0.1) is 0 Å². The quantitative estimate of drug-likeness (QED) is 0.0420. The van der Waals surface area contributed by atoms with Crippen LogP contribution in [0.25, 0.3) is 0 Å². The molecule has 0 heterocycles. The zero-order chi connectivity index (χ0) is 31.7. The zero-order valence-corrected chi connectivity index (χ0v) is 23.2. The molecule has 0 fully saturated rings. The maximum Gasteiger partial charge on any atom is 0.326 e. The third-order valence-electron chi connectivity index (χ3n) is 5.82. The first-order chi connectivity index (χ1) is 19.8. The number of primary amides is 1. The Bertz CT molecular complexity index is 1120. The standard InChI is InChI=1S/C25H41N11O6/c26-15(8-4-10-32-24(28)29)20(38)34-16(9-5-11-33-25(30)31)21(39)35-17(13-19(27)37)22(40)36-18(23(41)42)12-14-6-2-1-3-7-14/h1-3,6-7,15-18H,4-5,8-13,26H2,(H2,27,37)(H,34,38)(H,35,39)(H,36,40)(H,41,42)(H4,28,29,32)(H4,30,31,33). The number of amides is 4. The summed E-state index contributed by atoms with van der Waals surface area (Å²) in [4.78, 5) is 70.2. The Morgan fingerprint density at radius 3 is 1.74 bits per heavy atom. The highest BCUT2D eigenvalue weighted by Crippen LogP contribution is 2.06. The van der Waals surface area contributed by atoms with Crippen molar-refractivity contribution in [1.82, 2.24) is 16.0 Å². The molecule has 17 nitrogen and oxygen atoms in total. The lowest BCUT2D eigenvalue weighted by Crippen LogP contribution is -2.58. The van der Waals surface area contributed by atoms with E-state index < -0.39 is 60.2 Å². The number of nitrogens with two attached hydrogens (primary N) is 6. The second-order valence-electron chi connectivity index (χ2n) is 9.39. The Balaban J connectivity index is 3.02. The second kappa shape index (κ2) is 18.4. The molecule has 4 atom stereocenters. The Morgan fingerprint density at radius 2 is 1.21 bits per heavy atom. The molecule has 1 rings (SSSR count). The molecule has 0 bridgehead atoms. The number of aliphatic imine (C=N–C) groups is 2. The molecule has 4 amide bonds. The fourth-order valence-electron chi connectivity index (χ4n) is 3.71. The van der Waals surface area contributed by atoms with Gasteiger partial charge >= 0.3 is 5.97 Å². The number of rotatable bonds is 19. The summed E-state index contributed by atoms with van der Waals surface area (Å²) < 4.78 is 0. The molecule has 1 aromatic carbocycles. The van der Waals surface area contributed by atoms with Crippen LogP contribution in [0.5, 0.6) is 0 Å². The highest BCUT2D eigenvalue weighted by Gasteiger charge is 2.31. The molecular formula is C25H41N11O6. The SMILES string of the molecule is NC(=O)CC(NC(=O)C(CCCN=C(N)N)NC(=O)C(N)CCCN=C(N)N)C(=O)NC(Cc1ccccc1)C(=O)O. The summed E-state index contributed by atoms with van der Waals surface area (Å²) in [6.45, 7) is 0.384. The smallest absolute Gasteiger partial charge is 0.326 e. The predicted octanol–water partition coefficient (Wildman–Crippen LogP) is -3.92. The van der Waals surface area contributed by atoms with Crippen LogP contribution in [0.4, 0.5) is 0 Å². The van der Waals surface area contributed by atoms with Crippen molar-refractivity contribution < 1.29 is 29.1 Å². The van der Waals surface area contributed by atoms with Crippen LogP contribution in [0.1, 0.15) is 37.7 Å². The van der Waals surface area contributed by atoms with E-state index in [0.29, 0.717) is 12.0 Å². The maximum absolute atomic E-state index is 13.2. The van der Waals surface area contributed by atoms with E-state index in [1.165, 1.54) is 0 Å². The van der Waals surface area contributed by atoms with Crippen LogP contribution in [0, 0.1) is 0 Å². The molecule has 0 aliphatic heterocycles. The number of carbonyl (C=O) groups is 5. The summed E-state index contributed by atoms with van der Waals surface area (Å²) >= 11 is 0. The number of nitrogens with zero attached hydrogens (tertiary/aromatic N) is 2. The van der Waals surface area contributed by atoms with E-state index >= 15 is 0 Å². The molecular weight excluding hydrogens is 550 g/mol. The van der Waals surface area contributed by atoms with E-state index in [9.17, 15) is 29.1 Å². The van der Waals surface area contributed by atoms with E-state index in [0.717, 1.165) is 0 Å². The van der Waals surface area contributed by atoms with Crippen LogP contribution in [-0.2, 0) is 30.4 Å². The van der Waals surface area contributed by atoms with Crippen molar-refractivity contribution in [3.8, 4) is 0 Å². The Hall–Kier alpha value is -4.93. The topological polar surface area (TPSA) is 323 Å². The summed E-state index contributed by atoms with van der Waals surface area (Å²) in [5.74, 6) is -4.97. The van der Waals surface area contributed by atoms with Gasteiger partial charge in [-0.05, 0) is 31.2 Å². The summed E-state index contributed by atoms with van der Waals surface area (Å²) in [6.07, 6.45) is 0.197. The summed E-state index contributed by atoms with van der Waals surface area (Å²) in [5.41, 5.74) is 33.1. The molecule has 0 spiro atoms. The molecule has 4 unspecified atom stereocenters. The number of hydrogen-bond donors (Lipinski definition) is 10. The first-order valence-corrected chi connectivity index (χ1v) is 13.1. The van der Waals surface area contributed by atoms with Gasteiger partial charge in [-0.3, -0.25) is 29.2 Å². The fraction of sp³-hybridized carbons (Fsp3) is 0.480. The molecule has 0 saturated heterocycles. The normalized spacial score (nSPS) is 13.4. The molecule has 0 radical (unpaired) electrons. The highest BCUT2D eigenvalue weighted by atomic mass is 16.4. The summed E-state index contributed by atoms with van der Waals surface area (Å²) in [6, 6.07) is 3.44. The lowest BCUT2D eigenvalue weighted by atomic mass is 10.0. The van der Waals surface area contributed by atoms with Crippen LogP contribution < -0.4 is 50.4 Å². The fourth-order valence-corrected chi connectivity index (χ4v) is 3.71. The minimum Gasteiger partial charge on any atom is -0.480 e. The molecule has 1 aromatic rings. The first-order valence-electron chi connectivity index (χ1n) is 13.1. The molecule has 232 valence electrons. The summed E-state index contributed by atoms with van der Waals surface area (Å²) in [5, 5.41) is 16.9. The minimum absolute atomic E-state index is 0.0335. The number of carboxylic acid groups (broad SMARTS) is 1. The van der Waals surface area contributed by atoms with Crippen molar-refractivity contribution >= 4 is 41.5 Å². The Morgan fingerprint density at radius 1 is 0.714 bits per heavy atom. The van der Waals surface area contributed by atoms with Gasteiger partial charge in [-0.25, -0.2) is 4.79 Å². The molecule has 0 aromatic heterocycles. The molecule has 0 aliphatic carbocycles. The van der Waals surface area contributed by atoms with Gasteiger partial charge in [-0.2, -0.15) is 0 Å². The van der Waals surface area contributed by atoms with Gasteiger partial charge in [0.05, 0.1) is 12.5 Å². The second-order valence-corrected chi connectivity index (χ2v) is 9.39. The van der Waals surface area contributed by atoms with Gasteiger partial charge in [0.15, 0.2) is 11.9 Å². The van der Waals surface area contributed by atoms with Crippen molar-refractivity contribution in [3.05, 3.63) is 35.9 Å².